The topological polar surface area (TPSA) is 114 Å². The molecule has 8 heteroatoms. The van der Waals surface area contributed by atoms with Gasteiger partial charge in [0.2, 0.25) is 0 Å². The van der Waals surface area contributed by atoms with Crippen molar-refractivity contribution in [3.63, 3.8) is 0 Å². The Labute approximate surface area is 161 Å². The molecule has 1 saturated carbocycles. The molecule has 1 fully saturated rings. The van der Waals surface area contributed by atoms with Crippen LogP contribution in [0.4, 0.5) is 11.5 Å². The zero-order valence-corrected chi connectivity index (χ0v) is 15.2. The third kappa shape index (κ3) is 3.83. The summed E-state index contributed by atoms with van der Waals surface area (Å²) >= 11 is 0. The number of aliphatic hydroxyl groups is 1. The van der Waals surface area contributed by atoms with Gasteiger partial charge >= 0.3 is 5.97 Å². The highest BCUT2D eigenvalue weighted by Gasteiger charge is 2.28. The summed E-state index contributed by atoms with van der Waals surface area (Å²) in [5.74, 6) is -0.275. The number of aromatic carboxylic acids is 1. The maximum atomic E-state index is 11.7. The number of anilines is 2. The van der Waals surface area contributed by atoms with E-state index in [4.69, 9.17) is 9.47 Å². The number of nitrogens with one attached hydrogen (secondary N) is 1. The Bertz CT molecular complexity index is 924. The maximum Gasteiger partial charge on any atom is 0.358 e. The maximum absolute atomic E-state index is 11.7. The molecule has 4 rings (SSSR count). The average Bonchev–Trinajstić information content (AvgIpc) is 3.55. The molecule has 1 aromatic carbocycles. The first-order chi connectivity index (χ1) is 13.7. The van der Waals surface area contributed by atoms with Crippen LogP contribution in [0.3, 0.4) is 0 Å². The highest BCUT2D eigenvalue weighted by Crippen LogP contribution is 2.40. The molecule has 1 aliphatic heterocycles. The van der Waals surface area contributed by atoms with Crippen molar-refractivity contribution in [3.05, 3.63) is 47.4 Å². The number of hydrogen-bond donors (Lipinski definition) is 3. The van der Waals surface area contributed by atoms with Gasteiger partial charge in [0.05, 0.1) is 30.8 Å². The molecule has 2 aromatic rings. The lowest BCUT2D eigenvalue weighted by Gasteiger charge is -2.20. The number of carbonyl (C=O) groups is 1. The predicted octanol–water partition coefficient (Wildman–Crippen LogP) is 2.93. The summed E-state index contributed by atoms with van der Waals surface area (Å²) in [5, 5.41) is 22.0. The van der Waals surface area contributed by atoms with Gasteiger partial charge in [0.1, 0.15) is 0 Å². The summed E-state index contributed by atoms with van der Waals surface area (Å²) < 4.78 is 10.8. The van der Waals surface area contributed by atoms with E-state index in [-0.39, 0.29) is 11.5 Å². The number of carboxylic acids is 1. The predicted molar refractivity (Wildman–Crippen MR) is 102 cm³/mol. The smallest absolute Gasteiger partial charge is 0.358 e. The highest BCUT2D eigenvalue weighted by atomic mass is 16.6. The first-order valence-corrected chi connectivity index (χ1v) is 9.18. The van der Waals surface area contributed by atoms with Gasteiger partial charge in [-0.05, 0) is 30.9 Å². The van der Waals surface area contributed by atoms with Crippen LogP contribution in [0.15, 0.2) is 30.5 Å². The van der Waals surface area contributed by atoms with Crippen molar-refractivity contribution in [2.45, 2.75) is 25.2 Å². The molecule has 28 heavy (non-hydrogen) atoms. The molecule has 0 unspecified atom stereocenters. The van der Waals surface area contributed by atoms with Crippen molar-refractivity contribution in [1.29, 1.82) is 0 Å². The Kier molecular flexibility index (Phi) is 5.23. The fraction of sp³-hybridized carbons (Fsp3) is 0.350. The monoisotopic (exact) mass is 383 g/mol. The summed E-state index contributed by atoms with van der Waals surface area (Å²) in [6.45, 7) is 0.621. The summed E-state index contributed by atoms with van der Waals surface area (Å²) in [6, 6.07) is 5.48. The number of carboxylic acid groups (broad SMARTS) is 1. The quantitative estimate of drug-likeness (QED) is 0.626. The third-order valence-corrected chi connectivity index (χ3v) is 4.78. The van der Waals surface area contributed by atoms with E-state index in [1.807, 2.05) is 18.2 Å². The van der Waals surface area contributed by atoms with E-state index in [1.165, 1.54) is 0 Å². The molecule has 8 nitrogen and oxygen atoms in total. The molecule has 2 aliphatic rings. The highest BCUT2D eigenvalue weighted by molar-refractivity contribution is 5.92. The lowest BCUT2D eigenvalue weighted by Crippen LogP contribution is -2.11. The van der Waals surface area contributed by atoms with Crippen molar-refractivity contribution < 1.29 is 24.5 Å². The Morgan fingerprint density at radius 1 is 1.36 bits per heavy atom. The number of rotatable bonds is 7. The largest absolute Gasteiger partial charge is 0.476 e. The van der Waals surface area contributed by atoms with Gasteiger partial charge in [-0.3, -0.25) is 0 Å². The molecule has 0 bridgehead atoms. The number of nitrogens with zero attached hydrogens (tertiary/aromatic N) is 2. The fourth-order valence-electron chi connectivity index (χ4n) is 3.23. The lowest BCUT2D eigenvalue weighted by molar-refractivity contribution is 0.0690. The van der Waals surface area contributed by atoms with Gasteiger partial charge in [-0.15, -0.1) is 0 Å². The molecule has 2 heterocycles. The summed E-state index contributed by atoms with van der Waals surface area (Å²) in [4.78, 5) is 20.3. The van der Waals surface area contributed by atoms with Crippen molar-refractivity contribution in [2.75, 3.05) is 25.3 Å². The Morgan fingerprint density at radius 3 is 2.89 bits per heavy atom. The van der Waals surface area contributed by atoms with Crippen LogP contribution in [-0.2, 0) is 4.74 Å². The number of aliphatic hydroxyl groups excluding tert-OH is 1. The Balaban J connectivity index is 1.71. The van der Waals surface area contributed by atoms with Crippen LogP contribution in [0.25, 0.3) is 5.57 Å². The van der Waals surface area contributed by atoms with E-state index in [0.717, 1.165) is 30.4 Å². The lowest BCUT2D eigenvalue weighted by atomic mass is 9.99. The van der Waals surface area contributed by atoms with Crippen LogP contribution < -0.4 is 10.1 Å². The summed E-state index contributed by atoms with van der Waals surface area (Å²) in [5.41, 5.74) is 2.95. The minimum absolute atomic E-state index is 0.130. The van der Waals surface area contributed by atoms with E-state index in [0.29, 0.717) is 36.3 Å². The molecule has 1 aliphatic carbocycles. The number of aromatic nitrogens is 2. The van der Waals surface area contributed by atoms with Gasteiger partial charge in [0.15, 0.2) is 24.1 Å². The molecule has 0 amide bonds. The number of benzene rings is 1. The van der Waals surface area contributed by atoms with Crippen LogP contribution in [0, 0.1) is 0 Å². The first-order valence-electron chi connectivity index (χ1n) is 9.18. The molecule has 1 aromatic heterocycles. The van der Waals surface area contributed by atoms with Gasteiger partial charge in [-0.25, -0.2) is 14.8 Å². The average molecular weight is 383 g/mol. The normalized spacial score (nSPS) is 16.4. The van der Waals surface area contributed by atoms with E-state index >= 15 is 0 Å². The number of hydrogen-bond acceptors (Lipinski definition) is 7. The van der Waals surface area contributed by atoms with E-state index in [2.05, 4.69) is 15.3 Å². The van der Waals surface area contributed by atoms with Crippen molar-refractivity contribution >= 4 is 23.0 Å². The number of para-hydroxylation sites is 1. The molecule has 0 spiro atoms. The number of ether oxygens (including phenoxy) is 2. The SMILES string of the molecule is O=C(O)c1nc(C2CC2)cnc1Nc1cccc(C2=CCOCC2)c1OCO. The zero-order chi connectivity index (χ0) is 19.5. The Hall–Kier alpha value is -2.97. The minimum atomic E-state index is -1.15. The van der Waals surface area contributed by atoms with Crippen LogP contribution in [0.1, 0.15) is 46.9 Å². The second-order valence-electron chi connectivity index (χ2n) is 6.71. The van der Waals surface area contributed by atoms with Crippen molar-refractivity contribution in [2.24, 2.45) is 0 Å². The van der Waals surface area contributed by atoms with E-state index in [9.17, 15) is 15.0 Å². The van der Waals surface area contributed by atoms with Gasteiger partial charge in [0.25, 0.3) is 0 Å². The van der Waals surface area contributed by atoms with Crippen LogP contribution >= 0.6 is 0 Å². The molecule has 3 N–H and O–H groups in total. The van der Waals surface area contributed by atoms with Gasteiger partial charge in [-0.1, -0.05) is 18.2 Å². The molecular weight excluding hydrogens is 362 g/mol. The summed E-state index contributed by atoms with van der Waals surface area (Å²) in [7, 11) is 0. The molecular formula is C20H21N3O5. The second-order valence-corrected chi connectivity index (χ2v) is 6.71. The first kappa shape index (κ1) is 18.4. The molecule has 0 radical (unpaired) electrons. The minimum Gasteiger partial charge on any atom is -0.476 e. The van der Waals surface area contributed by atoms with Crippen LogP contribution in [0.2, 0.25) is 0 Å². The fourth-order valence-corrected chi connectivity index (χ4v) is 3.23. The van der Waals surface area contributed by atoms with Gasteiger partial charge in [0, 0.05) is 11.5 Å². The molecule has 146 valence electrons. The standard InChI is InChI=1S/C20H21N3O5/c24-11-28-18-14(12-6-8-27-9-7-12)2-1-3-15(18)23-19-17(20(25)26)22-16(10-21-19)13-4-5-13/h1-3,6,10,13,24H,4-5,7-9,11H2,(H,21,23)(H,25,26). The van der Waals surface area contributed by atoms with E-state index < -0.39 is 12.8 Å². The third-order valence-electron chi connectivity index (χ3n) is 4.78. The van der Waals surface area contributed by atoms with Gasteiger partial charge in [-0.2, -0.15) is 0 Å². The Morgan fingerprint density at radius 2 is 2.21 bits per heavy atom. The zero-order valence-electron chi connectivity index (χ0n) is 15.2. The second kappa shape index (κ2) is 7.95. The summed E-state index contributed by atoms with van der Waals surface area (Å²) in [6.07, 6.45) is 6.33. The van der Waals surface area contributed by atoms with Gasteiger partial charge < -0.3 is 25.0 Å². The van der Waals surface area contributed by atoms with Crippen LogP contribution in [-0.4, -0.2) is 46.2 Å². The van der Waals surface area contributed by atoms with Crippen molar-refractivity contribution in [1.82, 2.24) is 9.97 Å². The molecule has 0 atom stereocenters. The van der Waals surface area contributed by atoms with Crippen molar-refractivity contribution in [3.8, 4) is 5.75 Å². The van der Waals surface area contributed by atoms with E-state index in [1.54, 1.807) is 12.3 Å². The molecule has 0 saturated heterocycles. The van der Waals surface area contributed by atoms with Crippen LogP contribution in [0.5, 0.6) is 5.75 Å².